The van der Waals surface area contributed by atoms with Gasteiger partial charge in [-0.3, -0.25) is 9.52 Å². The molecular weight excluding hydrogens is 631 g/mol. The third-order valence-electron chi connectivity index (χ3n) is 7.96. The smallest absolute Gasteiger partial charge is 0.290 e. The standard InChI is InChI=1S/C32H32ClFN6O2S.CH2O2/c1-39-14-10-22(11-15-39)12-16-40-17-13-24-18-23(2-9-31(24)40)30-20-32(36-21-35-30)37-25-3-5-26(6-4-25)38-43(41,42)27-7-8-29(34)28(33)19-27;2-1-3/h2-9,13,17-22,38H,10-12,14-16H2,1H3,(H,35,36,37);1H,(H,2,3). The van der Waals surface area contributed by atoms with Gasteiger partial charge in [-0.15, -0.1) is 0 Å². The summed E-state index contributed by atoms with van der Waals surface area (Å²) >= 11 is 5.75. The molecule has 0 spiro atoms. The molecule has 2 aromatic heterocycles. The summed E-state index contributed by atoms with van der Waals surface area (Å²) in [6.45, 7) is 3.16. The van der Waals surface area contributed by atoms with E-state index < -0.39 is 15.8 Å². The molecule has 1 fully saturated rings. The van der Waals surface area contributed by atoms with Gasteiger partial charge in [-0.1, -0.05) is 17.7 Å². The Kier molecular flexibility index (Phi) is 10.5. The molecule has 0 unspecified atom stereocenters. The van der Waals surface area contributed by atoms with E-state index >= 15 is 0 Å². The number of sulfonamides is 1. The average molecular weight is 665 g/mol. The Balaban J connectivity index is 0.00000134. The van der Waals surface area contributed by atoms with E-state index in [9.17, 15) is 12.8 Å². The van der Waals surface area contributed by atoms with Crippen LogP contribution in [0.2, 0.25) is 5.02 Å². The van der Waals surface area contributed by atoms with Crippen LogP contribution >= 0.6 is 11.6 Å². The lowest BCUT2D eigenvalue weighted by molar-refractivity contribution is -0.122. The van der Waals surface area contributed by atoms with Crippen LogP contribution in [0.5, 0.6) is 0 Å². The highest BCUT2D eigenvalue weighted by atomic mass is 35.5. The van der Waals surface area contributed by atoms with Gasteiger partial charge >= 0.3 is 0 Å². The Morgan fingerprint density at radius 3 is 2.43 bits per heavy atom. The molecule has 46 heavy (non-hydrogen) atoms. The largest absolute Gasteiger partial charge is 0.483 e. The van der Waals surface area contributed by atoms with Gasteiger partial charge in [0.15, 0.2) is 0 Å². The Morgan fingerprint density at radius 1 is 1.00 bits per heavy atom. The Morgan fingerprint density at radius 2 is 1.72 bits per heavy atom. The number of halogens is 2. The molecule has 3 heterocycles. The lowest BCUT2D eigenvalue weighted by Gasteiger charge is -2.29. The summed E-state index contributed by atoms with van der Waals surface area (Å²) in [4.78, 5) is 19.5. The minimum Gasteiger partial charge on any atom is -0.483 e. The molecule has 0 radical (unpaired) electrons. The van der Waals surface area contributed by atoms with Crippen LogP contribution in [0.1, 0.15) is 19.3 Å². The Hall–Kier alpha value is -4.52. The molecule has 10 nitrogen and oxygen atoms in total. The van der Waals surface area contributed by atoms with Gasteiger partial charge in [-0.05, 0) is 106 Å². The van der Waals surface area contributed by atoms with Crippen LogP contribution < -0.4 is 10.0 Å². The zero-order chi connectivity index (χ0) is 32.7. The molecule has 0 amide bonds. The number of carbonyl (C=O) groups is 1. The Labute approximate surface area is 271 Å². The molecule has 240 valence electrons. The number of benzene rings is 3. The molecule has 1 saturated heterocycles. The second-order valence-electron chi connectivity index (χ2n) is 11.1. The van der Waals surface area contributed by atoms with Gasteiger partial charge in [0, 0.05) is 46.6 Å². The summed E-state index contributed by atoms with van der Waals surface area (Å²) < 4.78 is 43.6. The minimum absolute atomic E-state index is 0.128. The first-order chi connectivity index (χ1) is 22.1. The van der Waals surface area contributed by atoms with E-state index in [0.717, 1.165) is 47.6 Å². The number of rotatable bonds is 9. The van der Waals surface area contributed by atoms with E-state index in [0.29, 0.717) is 11.5 Å². The maximum absolute atomic E-state index is 13.4. The van der Waals surface area contributed by atoms with E-state index in [-0.39, 0.29) is 16.4 Å². The predicted molar refractivity (Wildman–Crippen MR) is 178 cm³/mol. The van der Waals surface area contributed by atoms with E-state index in [1.54, 1.807) is 24.3 Å². The van der Waals surface area contributed by atoms with Crippen LogP contribution in [0.4, 0.5) is 21.6 Å². The van der Waals surface area contributed by atoms with Crippen molar-refractivity contribution in [2.75, 3.05) is 30.2 Å². The first-order valence-corrected chi connectivity index (χ1v) is 16.5. The van der Waals surface area contributed by atoms with E-state index in [2.05, 4.69) is 67.0 Å². The van der Waals surface area contributed by atoms with Crippen molar-refractivity contribution in [3.8, 4) is 11.3 Å². The average Bonchev–Trinajstić information content (AvgIpc) is 3.45. The summed E-state index contributed by atoms with van der Waals surface area (Å²) in [5.41, 5.74) is 4.08. The molecule has 6 rings (SSSR count). The van der Waals surface area contributed by atoms with Gasteiger partial charge in [-0.25, -0.2) is 22.8 Å². The van der Waals surface area contributed by atoms with Crippen molar-refractivity contribution >= 4 is 56.2 Å². The summed E-state index contributed by atoms with van der Waals surface area (Å²) in [5, 5.41) is 11.1. The van der Waals surface area contributed by atoms with Crippen LogP contribution in [0, 0.1) is 11.7 Å². The van der Waals surface area contributed by atoms with Gasteiger partial charge in [0.05, 0.1) is 15.6 Å². The number of likely N-dealkylation sites (tertiary alicyclic amines) is 1. The highest BCUT2D eigenvalue weighted by molar-refractivity contribution is 7.92. The minimum atomic E-state index is -3.93. The van der Waals surface area contributed by atoms with Crippen molar-refractivity contribution in [2.24, 2.45) is 5.92 Å². The highest BCUT2D eigenvalue weighted by Gasteiger charge is 2.18. The van der Waals surface area contributed by atoms with Crippen LogP contribution in [0.25, 0.3) is 22.2 Å². The number of carboxylic acid groups (broad SMARTS) is 1. The van der Waals surface area contributed by atoms with Crippen molar-refractivity contribution in [3.05, 3.63) is 96.2 Å². The summed E-state index contributed by atoms with van der Waals surface area (Å²) in [6, 6.07) is 20.4. The molecule has 5 aromatic rings. The molecule has 3 aromatic carbocycles. The monoisotopic (exact) mass is 664 g/mol. The van der Waals surface area contributed by atoms with E-state index in [1.807, 2.05) is 6.07 Å². The fraction of sp³-hybridized carbons (Fsp3) is 0.242. The zero-order valence-electron chi connectivity index (χ0n) is 25.1. The number of nitrogens with one attached hydrogen (secondary N) is 2. The predicted octanol–water partition coefficient (Wildman–Crippen LogP) is 6.87. The number of anilines is 3. The molecule has 0 aliphatic carbocycles. The maximum atomic E-state index is 13.4. The fourth-order valence-corrected chi connectivity index (χ4v) is 6.77. The maximum Gasteiger partial charge on any atom is 0.290 e. The molecule has 1 aliphatic heterocycles. The van der Waals surface area contributed by atoms with E-state index in [1.165, 1.54) is 49.6 Å². The van der Waals surface area contributed by atoms with Crippen LogP contribution in [-0.4, -0.2) is 59.6 Å². The summed E-state index contributed by atoms with van der Waals surface area (Å²) in [5.74, 6) is 0.716. The number of fused-ring (bicyclic) bond motifs is 1. The molecule has 3 N–H and O–H groups in total. The number of nitrogens with zero attached hydrogens (tertiary/aromatic N) is 4. The molecule has 13 heteroatoms. The number of piperidine rings is 1. The summed E-state index contributed by atoms with van der Waals surface area (Å²) in [7, 11) is -1.73. The Bertz CT molecular complexity index is 1910. The first-order valence-electron chi connectivity index (χ1n) is 14.7. The normalized spacial score (nSPS) is 14.0. The number of aryl methyl sites for hydroxylation is 1. The van der Waals surface area contributed by atoms with Gasteiger partial charge in [-0.2, -0.15) is 0 Å². The van der Waals surface area contributed by atoms with Gasteiger partial charge in [0.2, 0.25) is 0 Å². The van der Waals surface area contributed by atoms with Crippen molar-refractivity contribution in [2.45, 2.75) is 30.7 Å². The second kappa shape index (κ2) is 14.7. The third kappa shape index (κ3) is 8.19. The molecular formula is C33H34ClFN6O4S. The van der Waals surface area contributed by atoms with Gasteiger partial charge < -0.3 is 19.9 Å². The molecule has 0 bridgehead atoms. The number of aromatic nitrogens is 3. The molecule has 0 atom stereocenters. The number of hydrogen-bond donors (Lipinski definition) is 3. The van der Waals surface area contributed by atoms with Crippen molar-refractivity contribution in [3.63, 3.8) is 0 Å². The van der Waals surface area contributed by atoms with Crippen molar-refractivity contribution < 1.29 is 22.7 Å². The lowest BCUT2D eigenvalue weighted by atomic mass is 9.94. The van der Waals surface area contributed by atoms with Gasteiger partial charge in [0.25, 0.3) is 16.5 Å². The highest BCUT2D eigenvalue weighted by Crippen LogP contribution is 2.28. The third-order valence-corrected chi connectivity index (χ3v) is 9.63. The molecule has 1 aliphatic rings. The van der Waals surface area contributed by atoms with Crippen molar-refractivity contribution in [1.82, 2.24) is 19.4 Å². The quantitative estimate of drug-likeness (QED) is 0.146. The van der Waals surface area contributed by atoms with Crippen LogP contribution in [-0.2, 0) is 21.4 Å². The van der Waals surface area contributed by atoms with E-state index in [4.69, 9.17) is 21.5 Å². The SMILES string of the molecule is CN1CCC(CCn2ccc3cc(-c4cc(Nc5ccc(NS(=O)(=O)c6ccc(F)c(Cl)c6)cc5)ncn4)ccc32)CC1.O=CO. The fourth-order valence-electron chi connectivity index (χ4n) is 5.44. The van der Waals surface area contributed by atoms with Crippen LogP contribution in [0.3, 0.4) is 0 Å². The lowest BCUT2D eigenvalue weighted by Crippen LogP contribution is -2.30. The summed E-state index contributed by atoms with van der Waals surface area (Å²) in [6.07, 6.45) is 7.45. The topological polar surface area (TPSA) is 129 Å². The second-order valence-corrected chi connectivity index (χ2v) is 13.2. The van der Waals surface area contributed by atoms with Crippen molar-refractivity contribution in [1.29, 1.82) is 0 Å². The van der Waals surface area contributed by atoms with Crippen LogP contribution in [0.15, 0.2) is 90.2 Å². The zero-order valence-corrected chi connectivity index (χ0v) is 26.7. The molecule has 0 saturated carbocycles. The van der Waals surface area contributed by atoms with Gasteiger partial charge in [0.1, 0.15) is 18.0 Å². The first kappa shape index (κ1) is 32.9. The number of hydrogen-bond acceptors (Lipinski definition) is 7.